The maximum absolute atomic E-state index is 13.3. The topological polar surface area (TPSA) is 91.4 Å². The molecule has 1 aliphatic heterocycles. The lowest BCUT2D eigenvalue weighted by atomic mass is 9.65. The van der Waals surface area contributed by atoms with Crippen LogP contribution >= 0.6 is 0 Å². The number of methoxy groups -OCH3 is 2. The Balaban J connectivity index is 1.48. The Bertz CT molecular complexity index is 1180. The normalized spacial score (nSPS) is 29.6. The van der Waals surface area contributed by atoms with Crippen LogP contribution in [0.3, 0.4) is 0 Å². The highest BCUT2D eigenvalue weighted by Gasteiger charge is 2.43. The summed E-state index contributed by atoms with van der Waals surface area (Å²) in [5.74, 6) is 1.08. The van der Waals surface area contributed by atoms with Crippen molar-refractivity contribution in [1.29, 1.82) is 0 Å². The predicted molar refractivity (Wildman–Crippen MR) is 160 cm³/mol. The van der Waals surface area contributed by atoms with Crippen LogP contribution in [0.15, 0.2) is 48.1 Å². The number of cyclic esters (lactones) is 1. The van der Waals surface area contributed by atoms with Gasteiger partial charge in [-0.05, 0) is 66.7 Å². The Labute approximate surface area is 250 Å². The Morgan fingerprint density at radius 1 is 1.14 bits per heavy atom. The summed E-state index contributed by atoms with van der Waals surface area (Å²) >= 11 is 0. The minimum Gasteiger partial charge on any atom is -0.497 e. The maximum atomic E-state index is 13.3. The van der Waals surface area contributed by atoms with Crippen LogP contribution < -0.4 is 4.74 Å². The molecule has 42 heavy (non-hydrogen) atoms. The Morgan fingerprint density at radius 2 is 1.93 bits per heavy atom. The number of hydrogen-bond donors (Lipinski definition) is 0. The first-order chi connectivity index (χ1) is 20.1. The summed E-state index contributed by atoms with van der Waals surface area (Å²) in [6.45, 7) is 8.63. The van der Waals surface area contributed by atoms with Gasteiger partial charge in [-0.1, -0.05) is 58.1 Å². The molecule has 1 heterocycles. The fraction of sp³-hybridized carbons (Fsp3) is 0.618. The van der Waals surface area contributed by atoms with Gasteiger partial charge in [0.15, 0.2) is 0 Å². The van der Waals surface area contributed by atoms with Crippen LogP contribution in [0.2, 0.25) is 0 Å². The van der Waals surface area contributed by atoms with Crippen LogP contribution in [-0.2, 0) is 30.3 Å². The second-order valence-electron chi connectivity index (χ2n) is 12.3. The quantitative estimate of drug-likeness (QED) is 0.218. The number of rotatable bonds is 11. The molecule has 8 heteroatoms. The van der Waals surface area contributed by atoms with Crippen molar-refractivity contribution in [2.75, 3.05) is 14.2 Å². The number of amides is 1. The Hall–Kier alpha value is -3.29. The average molecular weight is 582 g/mol. The lowest BCUT2D eigenvalue weighted by molar-refractivity contribution is -0.158. The van der Waals surface area contributed by atoms with E-state index in [9.17, 15) is 14.4 Å². The van der Waals surface area contributed by atoms with Gasteiger partial charge in [0.05, 0.1) is 26.6 Å². The van der Waals surface area contributed by atoms with E-state index in [0.29, 0.717) is 37.0 Å². The summed E-state index contributed by atoms with van der Waals surface area (Å²) in [7, 11) is 2.97. The molecule has 0 bridgehead atoms. The molecule has 1 fully saturated rings. The zero-order valence-corrected chi connectivity index (χ0v) is 25.9. The van der Waals surface area contributed by atoms with Gasteiger partial charge in [-0.2, -0.15) is 0 Å². The monoisotopic (exact) mass is 581 g/mol. The third kappa shape index (κ3) is 7.56. The molecule has 3 aliphatic rings. The van der Waals surface area contributed by atoms with Crippen molar-refractivity contribution in [3.63, 3.8) is 0 Å². The van der Waals surface area contributed by atoms with E-state index in [1.807, 2.05) is 38.1 Å². The number of fused-ring (bicyclic) bond motifs is 1. The lowest BCUT2D eigenvalue weighted by Crippen LogP contribution is -2.49. The van der Waals surface area contributed by atoms with Crippen LogP contribution in [-0.4, -0.2) is 55.4 Å². The SMILES string of the molecule is CC[C@H](C)C(=O)O[C@H]1C[C@@H](C)C=C2C=C[C@H](C)[C@H](CC[C@@H]3C[C@H](CC(=O)OC)N(Cc4cccc(OC)c4)C(=O)O3)[C@H]21. The predicted octanol–water partition coefficient (Wildman–Crippen LogP) is 6.48. The largest absolute Gasteiger partial charge is 0.497 e. The molecule has 1 saturated heterocycles. The minimum atomic E-state index is -0.424. The number of esters is 2. The molecule has 1 amide bonds. The molecule has 4 rings (SSSR count). The number of ether oxygens (including phenoxy) is 4. The molecule has 230 valence electrons. The molecule has 8 atom stereocenters. The van der Waals surface area contributed by atoms with Gasteiger partial charge in [0.25, 0.3) is 0 Å². The van der Waals surface area contributed by atoms with Crippen LogP contribution in [0.4, 0.5) is 4.79 Å². The van der Waals surface area contributed by atoms with Crippen molar-refractivity contribution >= 4 is 18.0 Å². The van der Waals surface area contributed by atoms with E-state index in [-0.39, 0.29) is 54.4 Å². The molecule has 0 saturated carbocycles. The lowest BCUT2D eigenvalue weighted by Gasteiger charge is -2.44. The summed E-state index contributed by atoms with van der Waals surface area (Å²) in [6.07, 6.45) is 9.56. The van der Waals surface area contributed by atoms with Gasteiger partial charge >= 0.3 is 18.0 Å². The number of hydrogen-bond acceptors (Lipinski definition) is 7. The third-order valence-corrected chi connectivity index (χ3v) is 9.29. The fourth-order valence-electron chi connectivity index (χ4n) is 6.68. The van der Waals surface area contributed by atoms with Gasteiger partial charge in [-0.3, -0.25) is 9.59 Å². The molecule has 0 spiro atoms. The molecular formula is C34H47NO7. The van der Waals surface area contributed by atoms with E-state index in [0.717, 1.165) is 24.8 Å². The number of carbonyl (C=O) groups excluding carboxylic acids is 3. The van der Waals surface area contributed by atoms with Crippen LogP contribution in [0.1, 0.15) is 71.8 Å². The van der Waals surface area contributed by atoms with E-state index in [2.05, 4.69) is 32.1 Å². The number of carbonyl (C=O) groups is 3. The summed E-state index contributed by atoms with van der Waals surface area (Å²) in [5.41, 5.74) is 2.14. The molecule has 0 N–H and O–H groups in total. The van der Waals surface area contributed by atoms with Crippen molar-refractivity contribution in [3.8, 4) is 5.75 Å². The number of benzene rings is 1. The smallest absolute Gasteiger partial charge is 0.410 e. The van der Waals surface area contributed by atoms with Crippen LogP contribution in [0.5, 0.6) is 5.75 Å². The molecular weight excluding hydrogens is 534 g/mol. The van der Waals surface area contributed by atoms with Crippen molar-refractivity contribution in [2.45, 2.75) is 91.0 Å². The molecule has 8 nitrogen and oxygen atoms in total. The first kappa shape index (κ1) is 31.6. The van der Waals surface area contributed by atoms with Gasteiger partial charge in [0.1, 0.15) is 18.0 Å². The second-order valence-corrected chi connectivity index (χ2v) is 12.3. The van der Waals surface area contributed by atoms with E-state index in [4.69, 9.17) is 18.9 Å². The highest BCUT2D eigenvalue weighted by Crippen LogP contribution is 2.45. The maximum Gasteiger partial charge on any atom is 0.410 e. The third-order valence-electron chi connectivity index (χ3n) is 9.29. The summed E-state index contributed by atoms with van der Waals surface area (Å²) in [5, 5.41) is 0. The van der Waals surface area contributed by atoms with Crippen molar-refractivity contribution < 1.29 is 33.3 Å². The van der Waals surface area contributed by atoms with Gasteiger partial charge in [-0.15, -0.1) is 0 Å². The molecule has 2 aliphatic carbocycles. The van der Waals surface area contributed by atoms with E-state index in [1.54, 1.807) is 12.0 Å². The Morgan fingerprint density at radius 3 is 2.64 bits per heavy atom. The van der Waals surface area contributed by atoms with E-state index < -0.39 is 6.09 Å². The van der Waals surface area contributed by atoms with Gasteiger partial charge in [0.2, 0.25) is 0 Å². The van der Waals surface area contributed by atoms with E-state index in [1.165, 1.54) is 12.7 Å². The fourth-order valence-corrected chi connectivity index (χ4v) is 6.68. The molecule has 1 aromatic carbocycles. The molecule has 1 aromatic rings. The zero-order valence-electron chi connectivity index (χ0n) is 25.9. The highest BCUT2D eigenvalue weighted by molar-refractivity contribution is 5.74. The molecule has 0 radical (unpaired) electrons. The number of allylic oxidation sites excluding steroid dienone is 3. The van der Waals surface area contributed by atoms with Crippen LogP contribution in [0.25, 0.3) is 0 Å². The first-order valence-corrected chi connectivity index (χ1v) is 15.4. The standard InChI is InChI=1S/C34H47NO7/c1-7-22(3)33(37)42-30-16-21(2)15-25-12-11-23(4)29(32(25)30)14-13-28-18-26(19-31(36)40-6)35(34(38)41-28)20-24-9-8-10-27(17-24)39-5/h8-12,15,17,21-23,26,28-30,32H,7,13-14,16,18-20H2,1-6H3/t21-,22-,23-,26+,28+,29-,30-,32-/m0/s1. The zero-order chi connectivity index (χ0) is 30.4. The molecule has 0 unspecified atom stereocenters. The van der Waals surface area contributed by atoms with E-state index >= 15 is 0 Å². The van der Waals surface area contributed by atoms with Crippen molar-refractivity contribution in [1.82, 2.24) is 4.90 Å². The number of nitrogens with zero attached hydrogens (tertiary/aromatic N) is 1. The van der Waals surface area contributed by atoms with Gasteiger partial charge in [-0.25, -0.2) is 4.79 Å². The Kier molecular flexibility index (Phi) is 10.7. The second kappa shape index (κ2) is 14.3. The summed E-state index contributed by atoms with van der Waals surface area (Å²) < 4.78 is 22.5. The average Bonchev–Trinajstić information content (AvgIpc) is 2.97. The summed E-state index contributed by atoms with van der Waals surface area (Å²) in [4.78, 5) is 40.1. The minimum absolute atomic E-state index is 0.107. The highest BCUT2D eigenvalue weighted by atomic mass is 16.6. The summed E-state index contributed by atoms with van der Waals surface area (Å²) in [6, 6.07) is 7.20. The van der Waals surface area contributed by atoms with Crippen LogP contribution in [0, 0.1) is 29.6 Å². The first-order valence-electron chi connectivity index (χ1n) is 15.4. The van der Waals surface area contributed by atoms with Crippen molar-refractivity contribution in [2.24, 2.45) is 29.6 Å². The molecule has 0 aromatic heterocycles. The van der Waals surface area contributed by atoms with Gasteiger partial charge in [0, 0.05) is 24.9 Å². The van der Waals surface area contributed by atoms with Crippen molar-refractivity contribution in [3.05, 3.63) is 53.6 Å². The van der Waals surface area contributed by atoms with Gasteiger partial charge < -0.3 is 23.8 Å².